The molecular weight excluding hydrogens is 266 g/mol. The smallest absolute Gasteiger partial charge is 0.357 e. The number of carbonyl (C=O) groups is 1. The van der Waals surface area contributed by atoms with Gasteiger partial charge in [0.25, 0.3) is 0 Å². The molecule has 0 N–H and O–H groups in total. The molecule has 3 aromatic rings. The molecular formula is C16H15N3O2. The van der Waals surface area contributed by atoms with Gasteiger partial charge < -0.3 is 4.74 Å². The van der Waals surface area contributed by atoms with Gasteiger partial charge in [0.2, 0.25) is 0 Å². The molecule has 5 nitrogen and oxygen atoms in total. The van der Waals surface area contributed by atoms with Crippen LogP contribution in [0.3, 0.4) is 0 Å². The van der Waals surface area contributed by atoms with Crippen molar-refractivity contribution < 1.29 is 9.53 Å². The first kappa shape index (κ1) is 13.3. The standard InChI is InChI=1S/C16H15N3O2/c1-3-21-16(20)15-10-11(2)18-19(15)14-8-4-7-13-12(14)6-5-9-17-13/h4-10H,3H2,1-2H3. The van der Waals surface area contributed by atoms with Crippen LogP contribution in [-0.2, 0) is 4.74 Å². The minimum atomic E-state index is -0.376. The number of aromatic nitrogens is 3. The largest absolute Gasteiger partial charge is 0.461 e. The van der Waals surface area contributed by atoms with Crippen molar-refractivity contribution in [2.24, 2.45) is 0 Å². The number of esters is 1. The Balaban J connectivity index is 2.21. The number of fused-ring (bicyclic) bond motifs is 1. The maximum Gasteiger partial charge on any atom is 0.357 e. The van der Waals surface area contributed by atoms with Crippen LogP contribution in [0.15, 0.2) is 42.6 Å². The highest BCUT2D eigenvalue weighted by Crippen LogP contribution is 2.22. The molecule has 0 unspecified atom stereocenters. The van der Waals surface area contributed by atoms with Crippen molar-refractivity contribution in [1.29, 1.82) is 0 Å². The first-order valence-corrected chi connectivity index (χ1v) is 6.78. The quantitative estimate of drug-likeness (QED) is 0.693. The average Bonchev–Trinajstić information content (AvgIpc) is 2.89. The van der Waals surface area contributed by atoms with Crippen LogP contribution >= 0.6 is 0 Å². The lowest BCUT2D eigenvalue weighted by molar-refractivity contribution is 0.0516. The molecule has 0 amide bonds. The maximum atomic E-state index is 12.1. The van der Waals surface area contributed by atoms with E-state index in [0.29, 0.717) is 12.3 Å². The Bertz CT molecular complexity index is 803. The molecule has 2 aromatic heterocycles. The molecule has 0 saturated carbocycles. The molecule has 5 heteroatoms. The van der Waals surface area contributed by atoms with Crippen molar-refractivity contribution in [3.8, 4) is 5.69 Å². The number of hydrogen-bond acceptors (Lipinski definition) is 4. The second-order valence-electron chi connectivity index (χ2n) is 4.65. The molecule has 0 atom stereocenters. The van der Waals surface area contributed by atoms with Crippen molar-refractivity contribution in [2.75, 3.05) is 6.61 Å². The highest BCUT2D eigenvalue weighted by Gasteiger charge is 2.17. The summed E-state index contributed by atoms with van der Waals surface area (Å²) in [7, 11) is 0. The van der Waals surface area contributed by atoms with E-state index in [1.165, 1.54) is 0 Å². The van der Waals surface area contributed by atoms with Crippen molar-refractivity contribution in [2.45, 2.75) is 13.8 Å². The molecule has 0 radical (unpaired) electrons. The number of nitrogens with zero attached hydrogens (tertiary/aromatic N) is 3. The fourth-order valence-corrected chi connectivity index (χ4v) is 2.31. The number of ether oxygens (including phenoxy) is 1. The van der Waals surface area contributed by atoms with Gasteiger partial charge >= 0.3 is 5.97 Å². The third-order valence-corrected chi connectivity index (χ3v) is 3.17. The van der Waals surface area contributed by atoms with Crippen LogP contribution < -0.4 is 0 Å². The SMILES string of the molecule is CCOC(=O)c1cc(C)nn1-c1cccc2ncccc12. The normalized spacial score (nSPS) is 10.8. The van der Waals surface area contributed by atoms with E-state index >= 15 is 0 Å². The maximum absolute atomic E-state index is 12.1. The Kier molecular flexibility index (Phi) is 3.39. The van der Waals surface area contributed by atoms with Crippen LogP contribution in [0.4, 0.5) is 0 Å². The van der Waals surface area contributed by atoms with Gasteiger partial charge in [-0.1, -0.05) is 6.07 Å². The van der Waals surface area contributed by atoms with Gasteiger partial charge in [-0.25, -0.2) is 9.48 Å². The molecule has 0 aliphatic carbocycles. The topological polar surface area (TPSA) is 57.0 Å². The zero-order valence-electron chi connectivity index (χ0n) is 11.9. The number of carbonyl (C=O) groups excluding carboxylic acids is 1. The van der Waals surface area contributed by atoms with Crippen molar-refractivity contribution in [3.05, 3.63) is 54.0 Å². The molecule has 0 saturated heterocycles. The summed E-state index contributed by atoms with van der Waals surface area (Å²) in [6.45, 7) is 3.97. The van der Waals surface area contributed by atoms with Crippen LogP contribution in [0, 0.1) is 6.92 Å². The predicted octanol–water partition coefficient (Wildman–Crippen LogP) is 2.91. The minimum Gasteiger partial charge on any atom is -0.461 e. The zero-order valence-corrected chi connectivity index (χ0v) is 11.9. The summed E-state index contributed by atoms with van der Waals surface area (Å²) in [5, 5.41) is 5.36. The summed E-state index contributed by atoms with van der Waals surface area (Å²) in [5.41, 5.74) is 2.86. The number of benzene rings is 1. The second-order valence-corrected chi connectivity index (χ2v) is 4.65. The first-order valence-electron chi connectivity index (χ1n) is 6.78. The fourth-order valence-electron chi connectivity index (χ4n) is 2.31. The first-order chi connectivity index (χ1) is 10.2. The number of hydrogen-bond donors (Lipinski definition) is 0. The van der Waals surface area contributed by atoms with E-state index in [9.17, 15) is 4.79 Å². The van der Waals surface area contributed by atoms with E-state index in [1.54, 1.807) is 23.9 Å². The number of aryl methyl sites for hydroxylation is 1. The molecule has 0 fully saturated rings. The lowest BCUT2D eigenvalue weighted by Gasteiger charge is -2.09. The van der Waals surface area contributed by atoms with Gasteiger partial charge in [-0.05, 0) is 44.2 Å². The van der Waals surface area contributed by atoms with Crippen LogP contribution in [0.5, 0.6) is 0 Å². The lowest BCUT2D eigenvalue weighted by Crippen LogP contribution is -2.12. The fraction of sp³-hybridized carbons (Fsp3) is 0.188. The van der Waals surface area contributed by atoms with Crippen molar-refractivity contribution in [1.82, 2.24) is 14.8 Å². The van der Waals surface area contributed by atoms with E-state index in [2.05, 4.69) is 10.1 Å². The Labute approximate surface area is 122 Å². The second kappa shape index (κ2) is 5.36. The highest BCUT2D eigenvalue weighted by atomic mass is 16.5. The van der Waals surface area contributed by atoms with Crippen molar-refractivity contribution >= 4 is 16.9 Å². The van der Waals surface area contributed by atoms with Crippen LogP contribution in [0.25, 0.3) is 16.6 Å². The molecule has 1 aromatic carbocycles. The minimum absolute atomic E-state index is 0.333. The molecule has 2 heterocycles. The van der Waals surface area contributed by atoms with Crippen LogP contribution in [-0.4, -0.2) is 27.3 Å². The molecule has 0 aliphatic heterocycles. The predicted molar refractivity (Wildman–Crippen MR) is 79.6 cm³/mol. The van der Waals surface area contributed by atoms with Gasteiger partial charge in [0.05, 0.1) is 23.5 Å². The molecule has 0 spiro atoms. The summed E-state index contributed by atoms with van der Waals surface area (Å²) >= 11 is 0. The molecule has 21 heavy (non-hydrogen) atoms. The Hall–Kier alpha value is -2.69. The van der Waals surface area contributed by atoms with E-state index in [1.807, 2.05) is 37.3 Å². The zero-order chi connectivity index (χ0) is 14.8. The summed E-state index contributed by atoms with van der Waals surface area (Å²) in [6, 6.07) is 11.3. The number of rotatable bonds is 3. The average molecular weight is 281 g/mol. The van der Waals surface area contributed by atoms with Gasteiger partial charge in [0, 0.05) is 11.6 Å². The summed E-state index contributed by atoms with van der Waals surface area (Å²) in [5.74, 6) is -0.376. The highest BCUT2D eigenvalue weighted by molar-refractivity contribution is 5.92. The van der Waals surface area contributed by atoms with Crippen molar-refractivity contribution in [3.63, 3.8) is 0 Å². The Morgan fingerprint density at radius 2 is 2.14 bits per heavy atom. The Morgan fingerprint density at radius 3 is 2.95 bits per heavy atom. The molecule has 0 aliphatic rings. The summed E-state index contributed by atoms with van der Waals surface area (Å²) < 4.78 is 6.72. The van der Waals surface area contributed by atoms with E-state index in [-0.39, 0.29) is 5.97 Å². The summed E-state index contributed by atoms with van der Waals surface area (Å²) in [6.07, 6.45) is 1.74. The molecule has 3 rings (SSSR count). The molecule has 106 valence electrons. The summed E-state index contributed by atoms with van der Waals surface area (Å²) in [4.78, 5) is 16.4. The van der Waals surface area contributed by atoms with Gasteiger partial charge in [-0.15, -0.1) is 0 Å². The van der Waals surface area contributed by atoms with Gasteiger partial charge in [0.1, 0.15) is 0 Å². The third kappa shape index (κ3) is 2.38. The van der Waals surface area contributed by atoms with Crippen LogP contribution in [0.1, 0.15) is 23.1 Å². The van der Waals surface area contributed by atoms with Gasteiger partial charge in [-0.3, -0.25) is 4.98 Å². The van der Waals surface area contributed by atoms with Gasteiger partial charge in [0.15, 0.2) is 5.69 Å². The monoisotopic (exact) mass is 281 g/mol. The van der Waals surface area contributed by atoms with E-state index in [0.717, 1.165) is 22.3 Å². The van der Waals surface area contributed by atoms with Gasteiger partial charge in [-0.2, -0.15) is 5.10 Å². The van der Waals surface area contributed by atoms with Crippen LogP contribution in [0.2, 0.25) is 0 Å². The number of pyridine rings is 1. The van der Waals surface area contributed by atoms with E-state index in [4.69, 9.17) is 4.74 Å². The third-order valence-electron chi connectivity index (χ3n) is 3.17. The van der Waals surface area contributed by atoms with E-state index < -0.39 is 0 Å². The Morgan fingerprint density at radius 1 is 1.29 bits per heavy atom. The molecule has 0 bridgehead atoms. The lowest BCUT2D eigenvalue weighted by atomic mass is 10.2.